The van der Waals surface area contributed by atoms with E-state index in [0.717, 1.165) is 0 Å². The van der Waals surface area contributed by atoms with Crippen LogP contribution in [0.15, 0.2) is 28.4 Å². The number of amides is 2. The largest absolute Gasteiger partial charge is 0.493 e. The summed E-state index contributed by atoms with van der Waals surface area (Å²) in [4.78, 5) is 22.8. The van der Waals surface area contributed by atoms with Crippen LogP contribution in [0.3, 0.4) is 0 Å². The molecule has 1 aromatic rings. The van der Waals surface area contributed by atoms with E-state index in [0.29, 0.717) is 23.8 Å². The summed E-state index contributed by atoms with van der Waals surface area (Å²) in [6.45, 7) is 0.669. The molecule has 5 nitrogen and oxygen atoms in total. The molecule has 17 heavy (non-hydrogen) atoms. The van der Waals surface area contributed by atoms with Crippen LogP contribution in [0.25, 0.3) is 0 Å². The summed E-state index contributed by atoms with van der Waals surface area (Å²) >= 11 is 0. The van der Waals surface area contributed by atoms with Gasteiger partial charge in [0.05, 0.1) is 17.7 Å². The third-order valence-electron chi connectivity index (χ3n) is 2.87. The van der Waals surface area contributed by atoms with Crippen molar-refractivity contribution < 1.29 is 14.3 Å². The van der Waals surface area contributed by atoms with Crippen LogP contribution in [-0.4, -0.2) is 18.4 Å². The average Bonchev–Trinajstić information content (AvgIpc) is 3.15. The van der Waals surface area contributed by atoms with Gasteiger partial charge in [0.15, 0.2) is 0 Å². The molecular formula is C12H10N2O3. The van der Waals surface area contributed by atoms with Gasteiger partial charge in [-0.05, 0) is 37.0 Å². The monoisotopic (exact) mass is 230 g/mol. The summed E-state index contributed by atoms with van der Waals surface area (Å²) in [6, 6.07) is 4.82. The fraction of sp³-hybridized carbons (Fsp3) is 0.333. The standard InChI is InChI=1S/C12H10N2O3/c15-11-9-4-3-8(17-6-7-1-2-7)5-10(9)12(16)14-13-11/h3-5,7H,1-2,6H2. The number of carbonyl (C=O) groups is 2. The average molecular weight is 230 g/mol. The number of fused-ring (bicyclic) bond motifs is 1. The summed E-state index contributed by atoms with van der Waals surface area (Å²) in [5.74, 6) is 0.279. The zero-order valence-corrected chi connectivity index (χ0v) is 9.05. The van der Waals surface area contributed by atoms with E-state index in [1.54, 1.807) is 18.2 Å². The maximum Gasteiger partial charge on any atom is 0.296 e. The van der Waals surface area contributed by atoms with Crippen LogP contribution in [-0.2, 0) is 0 Å². The lowest BCUT2D eigenvalue weighted by Crippen LogP contribution is -2.11. The Morgan fingerprint density at radius 1 is 1.12 bits per heavy atom. The molecule has 86 valence electrons. The highest BCUT2D eigenvalue weighted by atomic mass is 16.5. The Labute approximate surface area is 97.5 Å². The molecule has 1 fully saturated rings. The molecule has 1 aromatic carbocycles. The number of hydrogen-bond acceptors (Lipinski definition) is 3. The minimum absolute atomic E-state index is 0.276. The fourth-order valence-electron chi connectivity index (χ4n) is 1.67. The van der Waals surface area contributed by atoms with E-state index >= 15 is 0 Å². The normalized spacial score (nSPS) is 18.1. The lowest BCUT2D eigenvalue weighted by Gasteiger charge is -2.10. The molecule has 0 bridgehead atoms. The van der Waals surface area contributed by atoms with Gasteiger partial charge in [-0.1, -0.05) is 0 Å². The van der Waals surface area contributed by atoms with Crippen LogP contribution >= 0.6 is 0 Å². The van der Waals surface area contributed by atoms with Crippen molar-refractivity contribution in [3.8, 4) is 5.75 Å². The van der Waals surface area contributed by atoms with Crippen LogP contribution < -0.4 is 4.74 Å². The second-order valence-corrected chi connectivity index (χ2v) is 4.27. The smallest absolute Gasteiger partial charge is 0.296 e. The van der Waals surface area contributed by atoms with E-state index in [-0.39, 0.29) is 5.56 Å². The van der Waals surface area contributed by atoms with Crippen LogP contribution in [0.4, 0.5) is 0 Å². The molecule has 1 aliphatic heterocycles. The van der Waals surface area contributed by atoms with Gasteiger partial charge in [0.25, 0.3) is 11.8 Å². The molecule has 2 aliphatic rings. The Balaban J connectivity index is 1.87. The number of rotatable bonds is 3. The maximum absolute atomic E-state index is 11.5. The predicted molar refractivity (Wildman–Crippen MR) is 58.2 cm³/mol. The number of hydrogen-bond donors (Lipinski definition) is 0. The van der Waals surface area contributed by atoms with Crippen molar-refractivity contribution in [1.29, 1.82) is 0 Å². The molecule has 0 N–H and O–H groups in total. The highest BCUT2D eigenvalue weighted by Crippen LogP contribution is 2.30. The Morgan fingerprint density at radius 2 is 1.82 bits per heavy atom. The van der Waals surface area contributed by atoms with Crippen LogP contribution in [0.1, 0.15) is 33.6 Å². The zero-order valence-electron chi connectivity index (χ0n) is 9.05. The second-order valence-electron chi connectivity index (χ2n) is 4.27. The molecule has 5 heteroatoms. The SMILES string of the molecule is O=C1N=NC(=O)c2cc(OCC3CC3)ccc21. The molecule has 1 aliphatic carbocycles. The topological polar surface area (TPSA) is 68.1 Å². The number of nitrogens with zero attached hydrogens (tertiary/aromatic N) is 2. The molecule has 2 amide bonds. The number of carbonyl (C=O) groups excluding carboxylic acids is 2. The van der Waals surface area contributed by atoms with Crippen molar-refractivity contribution in [2.24, 2.45) is 16.1 Å². The zero-order chi connectivity index (χ0) is 11.8. The third kappa shape index (κ3) is 1.95. The van der Waals surface area contributed by atoms with Gasteiger partial charge in [-0.2, -0.15) is 0 Å². The molecular weight excluding hydrogens is 220 g/mol. The van der Waals surface area contributed by atoms with Crippen molar-refractivity contribution >= 4 is 11.8 Å². The highest BCUT2D eigenvalue weighted by Gasteiger charge is 2.24. The van der Waals surface area contributed by atoms with E-state index in [1.165, 1.54) is 12.8 Å². The molecule has 0 saturated heterocycles. The van der Waals surface area contributed by atoms with Crippen molar-refractivity contribution in [1.82, 2.24) is 0 Å². The van der Waals surface area contributed by atoms with E-state index in [4.69, 9.17) is 4.74 Å². The van der Waals surface area contributed by atoms with E-state index < -0.39 is 11.8 Å². The van der Waals surface area contributed by atoms with Crippen LogP contribution in [0.5, 0.6) is 5.75 Å². The second kappa shape index (κ2) is 3.76. The molecule has 1 saturated carbocycles. The summed E-state index contributed by atoms with van der Waals surface area (Å²) in [5.41, 5.74) is 0.571. The Kier molecular flexibility index (Phi) is 2.24. The minimum Gasteiger partial charge on any atom is -0.493 e. The van der Waals surface area contributed by atoms with Crippen molar-refractivity contribution in [2.75, 3.05) is 6.61 Å². The molecule has 0 radical (unpaired) electrons. The van der Waals surface area contributed by atoms with E-state index in [9.17, 15) is 9.59 Å². The van der Waals surface area contributed by atoms with Gasteiger partial charge in [0.1, 0.15) is 5.75 Å². The summed E-state index contributed by atoms with van der Waals surface area (Å²) in [6.07, 6.45) is 2.41. The van der Waals surface area contributed by atoms with Crippen molar-refractivity contribution in [3.05, 3.63) is 29.3 Å². The van der Waals surface area contributed by atoms with Gasteiger partial charge in [-0.25, -0.2) is 0 Å². The Bertz CT molecular complexity index is 533. The van der Waals surface area contributed by atoms with Gasteiger partial charge < -0.3 is 4.74 Å². The molecule has 1 heterocycles. The first-order chi connectivity index (χ1) is 8.24. The van der Waals surface area contributed by atoms with Gasteiger partial charge in [-0.3, -0.25) is 9.59 Å². The van der Waals surface area contributed by atoms with Gasteiger partial charge in [0, 0.05) is 0 Å². The Hall–Kier alpha value is -2.04. The maximum atomic E-state index is 11.5. The first-order valence-electron chi connectivity index (χ1n) is 5.51. The minimum atomic E-state index is -0.489. The molecule has 0 aromatic heterocycles. The molecule has 0 atom stereocenters. The lowest BCUT2D eigenvalue weighted by atomic mass is 10.1. The van der Waals surface area contributed by atoms with Crippen LogP contribution in [0, 0.1) is 5.92 Å². The molecule has 0 spiro atoms. The number of ether oxygens (including phenoxy) is 1. The summed E-state index contributed by atoms with van der Waals surface area (Å²) in [7, 11) is 0. The molecule has 3 rings (SSSR count). The van der Waals surface area contributed by atoms with Gasteiger partial charge in [0.2, 0.25) is 0 Å². The highest BCUT2D eigenvalue weighted by molar-refractivity contribution is 6.11. The first kappa shape index (κ1) is 10.1. The third-order valence-corrected chi connectivity index (χ3v) is 2.87. The van der Waals surface area contributed by atoms with E-state index in [1.807, 2.05) is 0 Å². The fourth-order valence-corrected chi connectivity index (χ4v) is 1.67. The predicted octanol–water partition coefficient (Wildman–Crippen LogP) is 2.22. The first-order valence-corrected chi connectivity index (χ1v) is 5.51. The Morgan fingerprint density at radius 3 is 2.53 bits per heavy atom. The lowest BCUT2D eigenvalue weighted by molar-refractivity contribution is 0.0920. The van der Waals surface area contributed by atoms with Crippen LogP contribution in [0.2, 0.25) is 0 Å². The quantitative estimate of drug-likeness (QED) is 0.799. The summed E-state index contributed by atoms with van der Waals surface area (Å²) in [5, 5.41) is 6.54. The molecule has 0 unspecified atom stereocenters. The van der Waals surface area contributed by atoms with Gasteiger partial charge >= 0.3 is 0 Å². The summed E-state index contributed by atoms with van der Waals surface area (Å²) < 4.78 is 5.54. The van der Waals surface area contributed by atoms with Crippen molar-refractivity contribution in [2.45, 2.75) is 12.8 Å². The van der Waals surface area contributed by atoms with Gasteiger partial charge in [-0.15, -0.1) is 10.2 Å². The number of azo groups is 1. The van der Waals surface area contributed by atoms with Crippen molar-refractivity contribution in [3.63, 3.8) is 0 Å². The number of benzene rings is 1. The van der Waals surface area contributed by atoms with E-state index in [2.05, 4.69) is 10.2 Å².